The van der Waals surface area contributed by atoms with Crippen LogP contribution in [0.3, 0.4) is 0 Å². The molecule has 0 aliphatic carbocycles. The third-order valence-corrected chi connectivity index (χ3v) is 4.32. The van der Waals surface area contributed by atoms with E-state index in [0.717, 1.165) is 31.2 Å². The first-order valence-corrected chi connectivity index (χ1v) is 8.24. The van der Waals surface area contributed by atoms with Crippen LogP contribution in [0.4, 0.5) is 0 Å². The maximum atomic E-state index is 4.43. The van der Waals surface area contributed by atoms with Gasteiger partial charge in [-0.3, -0.25) is 9.98 Å². The SMILES string of the molecule is CN=C(NCc1ccccn1)N1CCC(Cc2ccccc2)C1.I. The van der Waals surface area contributed by atoms with Crippen molar-refractivity contribution in [2.45, 2.75) is 19.4 Å². The first-order chi connectivity index (χ1) is 11.3. The molecule has 2 heterocycles. The highest BCUT2D eigenvalue weighted by Crippen LogP contribution is 2.20. The first-order valence-electron chi connectivity index (χ1n) is 8.24. The molecule has 24 heavy (non-hydrogen) atoms. The van der Waals surface area contributed by atoms with Gasteiger partial charge in [-0.2, -0.15) is 0 Å². The van der Waals surface area contributed by atoms with Crippen LogP contribution in [0.25, 0.3) is 0 Å². The quantitative estimate of drug-likeness (QED) is 0.454. The topological polar surface area (TPSA) is 40.5 Å². The number of nitrogens with one attached hydrogen (secondary N) is 1. The molecule has 0 bridgehead atoms. The van der Waals surface area contributed by atoms with Gasteiger partial charge in [0.25, 0.3) is 0 Å². The minimum absolute atomic E-state index is 0. The van der Waals surface area contributed by atoms with Crippen molar-refractivity contribution in [1.29, 1.82) is 0 Å². The molecule has 1 N–H and O–H groups in total. The Kier molecular flexibility index (Phi) is 7.49. The van der Waals surface area contributed by atoms with Crippen molar-refractivity contribution < 1.29 is 0 Å². The number of benzene rings is 1. The van der Waals surface area contributed by atoms with E-state index in [-0.39, 0.29) is 24.0 Å². The van der Waals surface area contributed by atoms with E-state index in [2.05, 4.69) is 50.5 Å². The number of halogens is 1. The van der Waals surface area contributed by atoms with Gasteiger partial charge in [0.1, 0.15) is 0 Å². The smallest absolute Gasteiger partial charge is 0.193 e. The molecule has 1 fully saturated rings. The average molecular weight is 436 g/mol. The molecule has 0 saturated carbocycles. The number of nitrogens with zero attached hydrogens (tertiary/aromatic N) is 3. The molecule has 128 valence electrons. The van der Waals surface area contributed by atoms with Crippen molar-refractivity contribution in [1.82, 2.24) is 15.2 Å². The van der Waals surface area contributed by atoms with Crippen LogP contribution in [-0.2, 0) is 13.0 Å². The fraction of sp³-hybridized carbons (Fsp3) is 0.368. The molecule has 1 aromatic heterocycles. The van der Waals surface area contributed by atoms with Crippen molar-refractivity contribution in [2.24, 2.45) is 10.9 Å². The summed E-state index contributed by atoms with van der Waals surface area (Å²) in [7, 11) is 1.85. The number of guanidine groups is 1. The van der Waals surface area contributed by atoms with Crippen LogP contribution >= 0.6 is 24.0 Å². The Bertz CT molecular complexity index is 630. The summed E-state index contributed by atoms with van der Waals surface area (Å²) in [4.78, 5) is 11.1. The maximum absolute atomic E-state index is 4.43. The molecule has 1 aromatic carbocycles. The van der Waals surface area contributed by atoms with Gasteiger partial charge in [-0.15, -0.1) is 24.0 Å². The van der Waals surface area contributed by atoms with Crippen LogP contribution in [0, 0.1) is 5.92 Å². The lowest BCUT2D eigenvalue weighted by atomic mass is 9.99. The molecule has 1 saturated heterocycles. The Morgan fingerprint density at radius 1 is 1.21 bits per heavy atom. The lowest BCUT2D eigenvalue weighted by Gasteiger charge is -2.21. The predicted molar refractivity (Wildman–Crippen MR) is 110 cm³/mol. The minimum atomic E-state index is 0. The van der Waals surface area contributed by atoms with Crippen LogP contribution in [-0.4, -0.2) is 36.0 Å². The zero-order valence-corrected chi connectivity index (χ0v) is 16.4. The Morgan fingerprint density at radius 2 is 2.00 bits per heavy atom. The van der Waals surface area contributed by atoms with Gasteiger partial charge in [0, 0.05) is 26.3 Å². The molecular formula is C19H25IN4. The van der Waals surface area contributed by atoms with Crippen molar-refractivity contribution >= 4 is 29.9 Å². The molecule has 0 amide bonds. The average Bonchev–Trinajstić information content (AvgIpc) is 3.06. The molecule has 2 aromatic rings. The summed E-state index contributed by atoms with van der Waals surface area (Å²) in [6.07, 6.45) is 4.19. The zero-order chi connectivity index (χ0) is 15.9. The highest BCUT2D eigenvalue weighted by atomic mass is 127. The van der Waals surface area contributed by atoms with Gasteiger partial charge in [-0.1, -0.05) is 36.4 Å². The Hall–Kier alpha value is -1.63. The van der Waals surface area contributed by atoms with Gasteiger partial charge < -0.3 is 10.2 Å². The second kappa shape index (κ2) is 9.61. The summed E-state index contributed by atoms with van der Waals surface area (Å²) < 4.78 is 0. The third kappa shape index (κ3) is 5.19. The van der Waals surface area contributed by atoms with E-state index in [1.807, 2.05) is 31.4 Å². The van der Waals surface area contributed by atoms with Gasteiger partial charge in [0.05, 0.1) is 12.2 Å². The molecule has 5 heteroatoms. The Labute approximate surface area is 161 Å². The summed E-state index contributed by atoms with van der Waals surface area (Å²) in [5, 5.41) is 3.43. The van der Waals surface area contributed by atoms with E-state index in [9.17, 15) is 0 Å². The van der Waals surface area contributed by atoms with Crippen LogP contribution in [0.1, 0.15) is 17.7 Å². The van der Waals surface area contributed by atoms with E-state index in [4.69, 9.17) is 0 Å². The number of rotatable bonds is 4. The van der Waals surface area contributed by atoms with E-state index in [0.29, 0.717) is 12.5 Å². The zero-order valence-electron chi connectivity index (χ0n) is 14.1. The van der Waals surface area contributed by atoms with Gasteiger partial charge in [0.2, 0.25) is 0 Å². The van der Waals surface area contributed by atoms with Gasteiger partial charge in [-0.25, -0.2) is 0 Å². The Balaban J connectivity index is 0.00000208. The molecule has 0 radical (unpaired) electrons. The lowest BCUT2D eigenvalue weighted by Crippen LogP contribution is -2.39. The fourth-order valence-electron chi connectivity index (χ4n) is 3.14. The summed E-state index contributed by atoms with van der Waals surface area (Å²) in [6.45, 7) is 2.85. The second-order valence-corrected chi connectivity index (χ2v) is 6.01. The summed E-state index contributed by atoms with van der Waals surface area (Å²) in [5.74, 6) is 1.68. The normalized spacial score (nSPS) is 17.5. The van der Waals surface area contributed by atoms with Crippen molar-refractivity contribution in [3.63, 3.8) is 0 Å². The number of hydrogen-bond acceptors (Lipinski definition) is 2. The molecule has 1 atom stereocenters. The van der Waals surface area contributed by atoms with Crippen LogP contribution in [0.15, 0.2) is 59.7 Å². The van der Waals surface area contributed by atoms with Crippen LogP contribution in [0.2, 0.25) is 0 Å². The number of aromatic nitrogens is 1. The molecule has 3 rings (SSSR count). The number of aliphatic imine (C=N–C) groups is 1. The molecule has 1 aliphatic rings. The first kappa shape index (κ1) is 18.7. The molecule has 1 unspecified atom stereocenters. The fourth-order valence-corrected chi connectivity index (χ4v) is 3.14. The minimum Gasteiger partial charge on any atom is -0.351 e. The van der Waals surface area contributed by atoms with E-state index < -0.39 is 0 Å². The predicted octanol–water partition coefficient (Wildman–Crippen LogP) is 3.34. The number of hydrogen-bond donors (Lipinski definition) is 1. The van der Waals surface area contributed by atoms with Crippen molar-refractivity contribution in [3.05, 3.63) is 66.0 Å². The van der Waals surface area contributed by atoms with Gasteiger partial charge in [-0.05, 0) is 36.5 Å². The highest BCUT2D eigenvalue weighted by molar-refractivity contribution is 14.0. The van der Waals surface area contributed by atoms with Gasteiger partial charge in [0.15, 0.2) is 5.96 Å². The second-order valence-electron chi connectivity index (χ2n) is 6.01. The van der Waals surface area contributed by atoms with Crippen LogP contribution in [0.5, 0.6) is 0 Å². The molecule has 0 spiro atoms. The Morgan fingerprint density at radius 3 is 2.71 bits per heavy atom. The molecule has 1 aliphatic heterocycles. The lowest BCUT2D eigenvalue weighted by molar-refractivity contribution is 0.459. The third-order valence-electron chi connectivity index (χ3n) is 4.32. The maximum Gasteiger partial charge on any atom is 0.193 e. The largest absolute Gasteiger partial charge is 0.351 e. The monoisotopic (exact) mass is 436 g/mol. The van der Waals surface area contributed by atoms with Crippen molar-refractivity contribution in [3.8, 4) is 0 Å². The van der Waals surface area contributed by atoms with E-state index >= 15 is 0 Å². The van der Waals surface area contributed by atoms with Crippen molar-refractivity contribution in [2.75, 3.05) is 20.1 Å². The number of pyridine rings is 1. The van der Waals surface area contributed by atoms with E-state index in [1.54, 1.807) is 0 Å². The van der Waals surface area contributed by atoms with Gasteiger partial charge >= 0.3 is 0 Å². The summed E-state index contributed by atoms with van der Waals surface area (Å²) in [5.41, 5.74) is 2.46. The summed E-state index contributed by atoms with van der Waals surface area (Å²) >= 11 is 0. The highest BCUT2D eigenvalue weighted by Gasteiger charge is 2.24. The summed E-state index contributed by atoms with van der Waals surface area (Å²) in [6, 6.07) is 16.7. The standard InChI is InChI=1S/C19H24N4.HI/c1-20-19(22-14-18-9-5-6-11-21-18)23-12-10-17(15-23)13-16-7-3-2-4-8-16;/h2-9,11,17H,10,12-15H2,1H3,(H,20,22);1H. The van der Waals surface area contributed by atoms with Crippen LogP contribution < -0.4 is 5.32 Å². The number of likely N-dealkylation sites (tertiary alicyclic amines) is 1. The van der Waals surface area contributed by atoms with E-state index in [1.165, 1.54) is 12.0 Å². The molecule has 4 nitrogen and oxygen atoms in total. The molecular weight excluding hydrogens is 411 g/mol.